The number of carbonyl (C=O) groups excluding carboxylic acids is 1. The predicted octanol–water partition coefficient (Wildman–Crippen LogP) is 1.74. The smallest absolute Gasteiger partial charge is 0.245 e. The second kappa shape index (κ2) is 10.3. The highest BCUT2D eigenvalue weighted by Crippen LogP contribution is 2.30. The maximum atomic E-state index is 13.0. The number of ether oxygens (including phenoxy) is 2. The highest BCUT2D eigenvalue weighted by molar-refractivity contribution is 7.92. The lowest BCUT2D eigenvalue weighted by Crippen LogP contribution is -2.40. The van der Waals surface area contributed by atoms with Crippen molar-refractivity contribution in [3.05, 3.63) is 47.5 Å². The first kappa shape index (κ1) is 25.9. The van der Waals surface area contributed by atoms with Crippen LogP contribution in [0.25, 0.3) is 0 Å². The van der Waals surface area contributed by atoms with Crippen LogP contribution in [-0.4, -0.2) is 73.3 Å². The number of morpholine rings is 1. The van der Waals surface area contributed by atoms with Gasteiger partial charge in [-0.15, -0.1) is 0 Å². The van der Waals surface area contributed by atoms with Gasteiger partial charge in [0.15, 0.2) is 0 Å². The molecule has 0 radical (unpaired) electrons. The average Bonchev–Trinajstić information content (AvgIpc) is 2.79. The molecule has 1 heterocycles. The minimum absolute atomic E-state index is 0.0139. The van der Waals surface area contributed by atoms with E-state index >= 15 is 0 Å². The lowest BCUT2D eigenvalue weighted by atomic mass is 10.1. The summed E-state index contributed by atoms with van der Waals surface area (Å²) < 4.78 is 63.9. The van der Waals surface area contributed by atoms with Crippen LogP contribution in [0.15, 0.2) is 41.3 Å². The third-order valence-electron chi connectivity index (χ3n) is 5.59. The lowest BCUT2D eigenvalue weighted by molar-refractivity contribution is -0.114. The fourth-order valence-corrected chi connectivity index (χ4v) is 5.93. The van der Waals surface area contributed by atoms with Crippen LogP contribution in [0.1, 0.15) is 11.1 Å². The van der Waals surface area contributed by atoms with E-state index in [-0.39, 0.29) is 29.4 Å². The first-order valence-corrected chi connectivity index (χ1v) is 13.8. The fourth-order valence-electron chi connectivity index (χ4n) is 3.59. The summed E-state index contributed by atoms with van der Waals surface area (Å²) in [5.41, 5.74) is 2.13. The molecule has 2 aromatic carbocycles. The molecule has 1 saturated heterocycles. The van der Waals surface area contributed by atoms with E-state index in [9.17, 15) is 21.6 Å². The van der Waals surface area contributed by atoms with Crippen LogP contribution < -0.4 is 14.4 Å². The van der Waals surface area contributed by atoms with Gasteiger partial charge >= 0.3 is 0 Å². The Morgan fingerprint density at radius 3 is 2.41 bits per heavy atom. The van der Waals surface area contributed by atoms with Gasteiger partial charge in [0, 0.05) is 13.1 Å². The van der Waals surface area contributed by atoms with Gasteiger partial charge in [-0.3, -0.25) is 9.10 Å². The molecule has 0 unspecified atom stereocenters. The molecule has 186 valence electrons. The molecule has 0 spiro atoms. The molecule has 0 bridgehead atoms. The van der Waals surface area contributed by atoms with E-state index < -0.39 is 32.5 Å². The molecule has 10 nitrogen and oxygen atoms in total. The van der Waals surface area contributed by atoms with E-state index in [0.29, 0.717) is 18.9 Å². The molecule has 2 aromatic rings. The zero-order valence-electron chi connectivity index (χ0n) is 19.6. The van der Waals surface area contributed by atoms with Crippen molar-refractivity contribution in [3.8, 4) is 5.75 Å². The number of nitrogens with zero attached hydrogens (tertiary/aromatic N) is 2. The SMILES string of the molecule is COc1ccc(S(=O)(=O)N2CCOCC2)cc1NC(=O)CN(c1cccc(C)c1C)S(C)(=O)=O. The van der Waals surface area contributed by atoms with E-state index in [1.165, 1.54) is 29.6 Å². The number of hydrogen-bond donors (Lipinski definition) is 1. The Kier molecular flexibility index (Phi) is 7.86. The molecular weight excluding hydrogens is 482 g/mol. The second-order valence-electron chi connectivity index (χ2n) is 7.92. The number of amides is 1. The highest BCUT2D eigenvalue weighted by atomic mass is 32.2. The molecule has 1 fully saturated rings. The van der Waals surface area contributed by atoms with Crippen LogP contribution in [0.2, 0.25) is 0 Å². The van der Waals surface area contributed by atoms with Crippen LogP contribution in [0.5, 0.6) is 5.75 Å². The summed E-state index contributed by atoms with van der Waals surface area (Å²) in [5, 5.41) is 2.61. The Labute approximate surface area is 200 Å². The Morgan fingerprint density at radius 2 is 1.79 bits per heavy atom. The van der Waals surface area contributed by atoms with Gasteiger partial charge in [-0.1, -0.05) is 12.1 Å². The van der Waals surface area contributed by atoms with Crippen LogP contribution >= 0.6 is 0 Å². The topological polar surface area (TPSA) is 122 Å². The molecule has 34 heavy (non-hydrogen) atoms. The van der Waals surface area contributed by atoms with Crippen molar-refractivity contribution in [1.82, 2.24) is 4.31 Å². The Bertz CT molecular complexity index is 1270. The number of sulfonamides is 2. The summed E-state index contributed by atoms with van der Waals surface area (Å²) in [6.07, 6.45) is 1.03. The zero-order valence-corrected chi connectivity index (χ0v) is 21.2. The molecular formula is C22H29N3O7S2. The number of carbonyl (C=O) groups is 1. The number of benzene rings is 2. The van der Waals surface area contributed by atoms with Gasteiger partial charge in [-0.2, -0.15) is 4.31 Å². The Morgan fingerprint density at radius 1 is 1.12 bits per heavy atom. The van der Waals surface area contributed by atoms with Gasteiger partial charge in [-0.25, -0.2) is 16.8 Å². The first-order valence-electron chi connectivity index (χ1n) is 10.5. The van der Waals surface area contributed by atoms with Gasteiger partial charge in [0.2, 0.25) is 26.0 Å². The molecule has 1 amide bonds. The standard InChI is InChI=1S/C22H29N3O7S2/c1-16-6-5-7-20(17(16)2)25(33(4,27)28)15-22(26)23-19-14-18(8-9-21(19)31-3)34(29,30)24-10-12-32-13-11-24/h5-9,14H,10-13,15H2,1-4H3,(H,23,26). The normalized spacial score (nSPS) is 15.1. The van der Waals surface area contributed by atoms with E-state index in [1.54, 1.807) is 19.1 Å². The fraction of sp³-hybridized carbons (Fsp3) is 0.409. The summed E-state index contributed by atoms with van der Waals surface area (Å²) >= 11 is 0. The van der Waals surface area contributed by atoms with Gasteiger partial charge in [0.05, 0.1) is 42.8 Å². The van der Waals surface area contributed by atoms with Gasteiger partial charge in [-0.05, 0) is 49.2 Å². The zero-order chi connectivity index (χ0) is 25.1. The van der Waals surface area contributed by atoms with Crippen molar-refractivity contribution in [3.63, 3.8) is 0 Å². The molecule has 1 aliphatic heterocycles. The molecule has 0 aromatic heterocycles. The van der Waals surface area contributed by atoms with Crippen molar-refractivity contribution < 1.29 is 31.1 Å². The van der Waals surface area contributed by atoms with E-state index in [4.69, 9.17) is 9.47 Å². The largest absolute Gasteiger partial charge is 0.495 e. The monoisotopic (exact) mass is 511 g/mol. The number of methoxy groups -OCH3 is 1. The van der Waals surface area contributed by atoms with Crippen molar-refractivity contribution >= 4 is 37.3 Å². The lowest BCUT2D eigenvalue weighted by Gasteiger charge is -2.26. The Balaban J connectivity index is 1.89. The molecule has 0 saturated carbocycles. The van der Waals surface area contributed by atoms with Crippen molar-refractivity contribution in [2.45, 2.75) is 18.7 Å². The van der Waals surface area contributed by atoms with Crippen LogP contribution in [0, 0.1) is 13.8 Å². The van der Waals surface area contributed by atoms with Gasteiger partial charge < -0.3 is 14.8 Å². The van der Waals surface area contributed by atoms with E-state index in [0.717, 1.165) is 21.7 Å². The minimum Gasteiger partial charge on any atom is -0.495 e. The predicted molar refractivity (Wildman–Crippen MR) is 129 cm³/mol. The van der Waals surface area contributed by atoms with Gasteiger partial charge in [0.25, 0.3) is 0 Å². The number of hydrogen-bond acceptors (Lipinski definition) is 7. The second-order valence-corrected chi connectivity index (χ2v) is 11.8. The Hall–Kier alpha value is -2.67. The third-order valence-corrected chi connectivity index (χ3v) is 8.61. The molecule has 3 rings (SSSR count). The summed E-state index contributed by atoms with van der Waals surface area (Å²) in [7, 11) is -6.20. The van der Waals surface area contributed by atoms with Crippen molar-refractivity contribution in [1.29, 1.82) is 0 Å². The number of aryl methyl sites for hydroxylation is 1. The maximum Gasteiger partial charge on any atom is 0.245 e. The van der Waals surface area contributed by atoms with Crippen molar-refractivity contribution in [2.75, 3.05) is 55.8 Å². The molecule has 0 aliphatic carbocycles. The highest BCUT2D eigenvalue weighted by Gasteiger charge is 2.28. The summed E-state index contributed by atoms with van der Waals surface area (Å²) in [6.45, 7) is 4.21. The molecule has 1 N–H and O–H groups in total. The van der Waals surface area contributed by atoms with Crippen molar-refractivity contribution in [2.24, 2.45) is 0 Å². The molecule has 0 atom stereocenters. The van der Waals surface area contributed by atoms with Crippen LogP contribution in [-0.2, 0) is 29.6 Å². The molecule has 1 aliphatic rings. The number of anilines is 2. The van der Waals surface area contributed by atoms with E-state index in [2.05, 4.69) is 5.32 Å². The summed E-state index contributed by atoms with van der Waals surface area (Å²) in [4.78, 5) is 12.9. The third kappa shape index (κ3) is 5.69. The number of rotatable bonds is 8. The summed E-state index contributed by atoms with van der Waals surface area (Å²) in [5.74, 6) is -0.405. The average molecular weight is 512 g/mol. The van der Waals surface area contributed by atoms with Crippen LogP contribution in [0.3, 0.4) is 0 Å². The van der Waals surface area contributed by atoms with Crippen LogP contribution in [0.4, 0.5) is 11.4 Å². The quantitative estimate of drug-likeness (QED) is 0.573. The first-order chi connectivity index (χ1) is 15.9. The maximum absolute atomic E-state index is 13.0. The molecule has 12 heteroatoms. The van der Waals surface area contributed by atoms with E-state index in [1.807, 2.05) is 13.0 Å². The van der Waals surface area contributed by atoms with Gasteiger partial charge in [0.1, 0.15) is 12.3 Å². The summed E-state index contributed by atoms with van der Waals surface area (Å²) in [6, 6.07) is 9.36. The number of nitrogens with one attached hydrogen (secondary N) is 1. The minimum atomic E-state index is -3.80.